The molecule has 0 fully saturated rings. The minimum atomic E-state index is -0.981. The topological polar surface area (TPSA) is 87.2 Å². The summed E-state index contributed by atoms with van der Waals surface area (Å²) in [4.78, 5) is 9.25. The van der Waals surface area contributed by atoms with Crippen molar-refractivity contribution < 1.29 is 9.90 Å². The Labute approximate surface area is 47.1 Å². The van der Waals surface area contributed by atoms with Crippen molar-refractivity contribution in [2.24, 2.45) is 5.73 Å². The second-order valence-corrected chi connectivity index (χ2v) is 0.709. The van der Waals surface area contributed by atoms with E-state index in [4.69, 9.17) is 10.5 Å². The fourth-order valence-corrected chi connectivity index (χ4v) is 0. The SMILES string of the molecule is C=CC(=O)O.N=CN. The average Bonchev–Trinajstić information content (AvgIpc) is 1.69. The lowest BCUT2D eigenvalue weighted by Crippen LogP contribution is -1.82. The first kappa shape index (κ1) is 9.84. The summed E-state index contributed by atoms with van der Waals surface area (Å²) < 4.78 is 0. The van der Waals surface area contributed by atoms with Crippen molar-refractivity contribution in [1.82, 2.24) is 0 Å². The minimum Gasteiger partial charge on any atom is -0.478 e. The molecule has 0 heterocycles. The van der Waals surface area contributed by atoms with Crippen molar-refractivity contribution in [3.05, 3.63) is 12.7 Å². The van der Waals surface area contributed by atoms with Gasteiger partial charge in [0, 0.05) is 6.08 Å². The van der Waals surface area contributed by atoms with Gasteiger partial charge in [-0.1, -0.05) is 6.58 Å². The highest BCUT2D eigenvalue weighted by molar-refractivity contribution is 5.78. The van der Waals surface area contributed by atoms with Gasteiger partial charge in [-0.2, -0.15) is 0 Å². The van der Waals surface area contributed by atoms with Crippen molar-refractivity contribution in [3.8, 4) is 0 Å². The molecule has 0 saturated heterocycles. The average molecular weight is 116 g/mol. The first-order valence-corrected chi connectivity index (χ1v) is 1.75. The van der Waals surface area contributed by atoms with Crippen molar-refractivity contribution in [3.63, 3.8) is 0 Å². The lowest BCUT2D eigenvalue weighted by molar-refractivity contribution is -0.131. The van der Waals surface area contributed by atoms with Crippen LogP contribution in [0.2, 0.25) is 0 Å². The Morgan fingerprint density at radius 3 is 2.00 bits per heavy atom. The fourth-order valence-electron chi connectivity index (χ4n) is 0. The molecular formula is C4H8N2O2. The molecule has 0 aliphatic carbocycles. The number of aliphatic carboxylic acids is 1. The second-order valence-electron chi connectivity index (χ2n) is 0.709. The predicted octanol–water partition coefficient (Wildman–Crippen LogP) is -0.191. The number of nitrogens with one attached hydrogen (secondary N) is 1. The molecule has 0 saturated carbocycles. The third-order valence-corrected chi connectivity index (χ3v) is 0.175. The zero-order valence-electron chi connectivity index (χ0n) is 4.29. The number of rotatable bonds is 1. The van der Waals surface area contributed by atoms with E-state index in [0.29, 0.717) is 0 Å². The summed E-state index contributed by atoms with van der Waals surface area (Å²) in [5.74, 6) is -0.981. The Morgan fingerprint density at radius 2 is 2.00 bits per heavy atom. The maximum absolute atomic E-state index is 9.25. The third-order valence-electron chi connectivity index (χ3n) is 0.175. The molecular weight excluding hydrogens is 108 g/mol. The molecule has 0 spiro atoms. The van der Waals surface area contributed by atoms with E-state index in [1.165, 1.54) is 0 Å². The number of nitrogens with two attached hydrogens (primary N) is 1. The molecule has 0 aliphatic rings. The first-order chi connectivity index (χ1) is 3.68. The van der Waals surface area contributed by atoms with Gasteiger partial charge in [-0.25, -0.2) is 4.79 Å². The smallest absolute Gasteiger partial charge is 0.327 e. The number of hydrogen-bond acceptors (Lipinski definition) is 2. The molecule has 4 heteroatoms. The highest BCUT2D eigenvalue weighted by Crippen LogP contribution is 1.54. The van der Waals surface area contributed by atoms with Crippen LogP contribution < -0.4 is 5.73 Å². The van der Waals surface area contributed by atoms with Crippen LogP contribution in [-0.4, -0.2) is 17.4 Å². The molecule has 0 radical (unpaired) electrons. The van der Waals surface area contributed by atoms with Crippen molar-refractivity contribution in [2.45, 2.75) is 0 Å². The summed E-state index contributed by atoms with van der Waals surface area (Å²) >= 11 is 0. The van der Waals surface area contributed by atoms with E-state index in [2.05, 4.69) is 12.3 Å². The summed E-state index contributed by atoms with van der Waals surface area (Å²) in [6, 6.07) is 0. The normalized spacial score (nSPS) is 5.50. The Hall–Kier alpha value is -1.32. The highest BCUT2D eigenvalue weighted by Gasteiger charge is 1.73. The molecule has 46 valence electrons. The van der Waals surface area contributed by atoms with Gasteiger partial charge >= 0.3 is 5.97 Å². The Morgan fingerprint density at radius 1 is 1.88 bits per heavy atom. The van der Waals surface area contributed by atoms with Gasteiger partial charge in [0.05, 0.1) is 6.34 Å². The van der Waals surface area contributed by atoms with E-state index >= 15 is 0 Å². The van der Waals surface area contributed by atoms with Crippen LogP contribution in [0.1, 0.15) is 0 Å². The molecule has 0 atom stereocenters. The van der Waals surface area contributed by atoms with Crippen LogP contribution in [0.25, 0.3) is 0 Å². The van der Waals surface area contributed by atoms with E-state index in [1.807, 2.05) is 0 Å². The molecule has 0 bridgehead atoms. The van der Waals surface area contributed by atoms with Crippen LogP contribution in [0.3, 0.4) is 0 Å². The van der Waals surface area contributed by atoms with Crippen LogP contribution in [0.5, 0.6) is 0 Å². The van der Waals surface area contributed by atoms with Crippen LogP contribution in [-0.2, 0) is 4.79 Å². The molecule has 0 aromatic carbocycles. The van der Waals surface area contributed by atoms with E-state index in [0.717, 1.165) is 12.4 Å². The molecule has 0 amide bonds. The lowest BCUT2D eigenvalue weighted by Gasteiger charge is -1.64. The maximum atomic E-state index is 9.25. The van der Waals surface area contributed by atoms with E-state index < -0.39 is 5.97 Å². The van der Waals surface area contributed by atoms with Crippen molar-refractivity contribution in [1.29, 1.82) is 5.41 Å². The van der Waals surface area contributed by atoms with E-state index in [9.17, 15) is 4.79 Å². The van der Waals surface area contributed by atoms with Gasteiger partial charge in [0.2, 0.25) is 0 Å². The number of carbonyl (C=O) groups is 1. The van der Waals surface area contributed by atoms with Gasteiger partial charge in [-0.05, 0) is 0 Å². The minimum absolute atomic E-state index is 0.750. The van der Waals surface area contributed by atoms with Crippen LogP contribution in [0, 0.1) is 5.41 Å². The number of carboxylic acid groups (broad SMARTS) is 1. The zero-order chi connectivity index (χ0) is 6.99. The summed E-state index contributed by atoms with van der Waals surface area (Å²) in [6.07, 6.45) is 1.58. The molecule has 0 unspecified atom stereocenters. The monoisotopic (exact) mass is 116 g/mol. The van der Waals surface area contributed by atoms with Gasteiger partial charge in [-0.15, -0.1) is 0 Å². The quantitative estimate of drug-likeness (QED) is 0.252. The molecule has 8 heavy (non-hydrogen) atoms. The largest absolute Gasteiger partial charge is 0.478 e. The molecule has 0 aliphatic heterocycles. The summed E-state index contributed by atoms with van der Waals surface area (Å²) in [7, 11) is 0. The Balaban J connectivity index is 0. The fraction of sp³-hybridized carbons (Fsp3) is 0. The summed E-state index contributed by atoms with van der Waals surface area (Å²) in [5, 5.41) is 13.5. The number of carboxylic acids is 1. The van der Waals surface area contributed by atoms with Gasteiger partial charge in [0.25, 0.3) is 0 Å². The highest BCUT2D eigenvalue weighted by atomic mass is 16.4. The second kappa shape index (κ2) is 9.19. The van der Waals surface area contributed by atoms with Crippen molar-refractivity contribution in [2.75, 3.05) is 0 Å². The molecule has 0 rings (SSSR count). The molecule has 4 nitrogen and oxygen atoms in total. The van der Waals surface area contributed by atoms with Gasteiger partial charge in [0.1, 0.15) is 0 Å². The summed E-state index contributed by atoms with van der Waals surface area (Å²) in [6.45, 7) is 2.96. The summed E-state index contributed by atoms with van der Waals surface area (Å²) in [5.41, 5.74) is 4.39. The van der Waals surface area contributed by atoms with Crippen molar-refractivity contribution >= 4 is 12.3 Å². The van der Waals surface area contributed by atoms with E-state index in [-0.39, 0.29) is 0 Å². The lowest BCUT2D eigenvalue weighted by atomic mass is 10.7. The third kappa shape index (κ3) is 137. The standard InChI is InChI=1S/C3H4O2.CH4N2/c1-2-3(4)5;2-1-3/h2H,1H2,(H,4,5);1H,(H3,2,3). The predicted molar refractivity (Wildman–Crippen MR) is 30.8 cm³/mol. The van der Waals surface area contributed by atoms with Crippen LogP contribution >= 0.6 is 0 Å². The van der Waals surface area contributed by atoms with Gasteiger partial charge in [-0.3, -0.25) is 5.41 Å². The van der Waals surface area contributed by atoms with Crippen LogP contribution in [0.4, 0.5) is 0 Å². The maximum Gasteiger partial charge on any atom is 0.327 e. The van der Waals surface area contributed by atoms with E-state index in [1.54, 1.807) is 0 Å². The first-order valence-electron chi connectivity index (χ1n) is 1.75. The molecule has 0 aromatic heterocycles. The Kier molecular flexibility index (Phi) is 11.3. The Bertz CT molecular complexity index is 90.0. The van der Waals surface area contributed by atoms with Gasteiger partial charge < -0.3 is 10.8 Å². The van der Waals surface area contributed by atoms with Crippen LogP contribution in [0.15, 0.2) is 12.7 Å². The number of hydrogen-bond donors (Lipinski definition) is 3. The zero-order valence-corrected chi connectivity index (χ0v) is 4.29. The van der Waals surface area contributed by atoms with Gasteiger partial charge in [0.15, 0.2) is 0 Å². The molecule has 4 N–H and O–H groups in total. The molecule has 0 aromatic rings.